The van der Waals surface area contributed by atoms with Crippen molar-refractivity contribution in [3.63, 3.8) is 0 Å². The zero-order valence-electron chi connectivity index (χ0n) is 14.1. The number of anilines is 1. The van der Waals surface area contributed by atoms with Crippen molar-refractivity contribution in [2.24, 2.45) is 16.6 Å². The van der Waals surface area contributed by atoms with Crippen LogP contribution in [0.25, 0.3) is 0 Å². The minimum atomic E-state index is 0. The summed E-state index contributed by atoms with van der Waals surface area (Å²) in [5.74, 6) is 2.49. The highest BCUT2D eigenvalue weighted by Crippen LogP contribution is 2.29. The van der Waals surface area contributed by atoms with Gasteiger partial charge in [0.1, 0.15) is 5.75 Å². The van der Waals surface area contributed by atoms with Crippen molar-refractivity contribution in [1.82, 2.24) is 4.98 Å². The molecule has 25 heavy (non-hydrogen) atoms. The molecule has 1 saturated carbocycles. The molecular weight excluding hydrogens is 431 g/mol. The Kier molecular flexibility index (Phi) is 7.30. The molecule has 0 saturated heterocycles. The fourth-order valence-corrected chi connectivity index (χ4v) is 2.14. The normalized spacial score (nSPS) is 13.7. The highest BCUT2D eigenvalue weighted by Gasteiger charge is 2.21. The lowest BCUT2D eigenvalue weighted by atomic mass is 10.3. The van der Waals surface area contributed by atoms with Gasteiger partial charge in [-0.3, -0.25) is 0 Å². The molecule has 1 aliphatic carbocycles. The van der Waals surface area contributed by atoms with E-state index >= 15 is 0 Å². The average molecular weight is 454 g/mol. The Balaban J connectivity index is 0.00000225. The maximum atomic E-state index is 5.92. The van der Waals surface area contributed by atoms with Gasteiger partial charge in [0.15, 0.2) is 5.96 Å². The van der Waals surface area contributed by atoms with Crippen LogP contribution < -0.4 is 20.5 Å². The molecule has 2 aromatic rings. The summed E-state index contributed by atoms with van der Waals surface area (Å²) >= 11 is 0. The predicted octanol–water partition coefficient (Wildman–Crippen LogP) is 3.42. The first-order valence-electron chi connectivity index (χ1n) is 8.01. The molecule has 134 valence electrons. The van der Waals surface area contributed by atoms with Crippen LogP contribution in [-0.2, 0) is 6.54 Å². The number of nitrogens with two attached hydrogens (primary N) is 1. The minimum absolute atomic E-state index is 0. The second-order valence-corrected chi connectivity index (χ2v) is 5.82. The number of benzene rings is 1. The Hall–Kier alpha value is -2.03. The van der Waals surface area contributed by atoms with E-state index in [1.165, 1.54) is 12.8 Å². The topological polar surface area (TPSA) is 81.8 Å². The van der Waals surface area contributed by atoms with Crippen molar-refractivity contribution in [1.29, 1.82) is 0 Å². The Morgan fingerprint density at radius 1 is 1.32 bits per heavy atom. The molecule has 0 amide bonds. The number of guanidine groups is 1. The maximum Gasteiger partial charge on any atom is 0.213 e. The van der Waals surface area contributed by atoms with Gasteiger partial charge >= 0.3 is 0 Å². The van der Waals surface area contributed by atoms with E-state index in [2.05, 4.69) is 15.3 Å². The van der Waals surface area contributed by atoms with Gasteiger partial charge in [0.2, 0.25) is 5.88 Å². The molecule has 0 atom stereocenters. The van der Waals surface area contributed by atoms with E-state index in [1.807, 2.05) is 36.4 Å². The second kappa shape index (κ2) is 9.45. The lowest BCUT2D eigenvalue weighted by Crippen LogP contribution is -2.22. The summed E-state index contributed by atoms with van der Waals surface area (Å²) in [6, 6.07) is 11.3. The molecular formula is C18H23IN4O2. The van der Waals surface area contributed by atoms with Crippen molar-refractivity contribution in [2.75, 3.05) is 19.0 Å². The monoisotopic (exact) mass is 454 g/mol. The Morgan fingerprint density at radius 2 is 2.16 bits per heavy atom. The number of pyridine rings is 1. The molecule has 0 spiro atoms. The molecule has 0 aliphatic heterocycles. The number of halogens is 1. The molecule has 1 fully saturated rings. The van der Waals surface area contributed by atoms with Crippen molar-refractivity contribution < 1.29 is 9.47 Å². The van der Waals surface area contributed by atoms with Gasteiger partial charge in [0, 0.05) is 24.0 Å². The van der Waals surface area contributed by atoms with E-state index in [-0.39, 0.29) is 24.0 Å². The minimum Gasteiger partial charge on any atom is -0.497 e. The van der Waals surface area contributed by atoms with Gasteiger partial charge in [-0.15, -0.1) is 24.0 Å². The third kappa shape index (κ3) is 6.41. The van der Waals surface area contributed by atoms with Gasteiger partial charge in [-0.2, -0.15) is 0 Å². The molecule has 3 rings (SSSR count). The third-order valence-corrected chi connectivity index (χ3v) is 3.74. The van der Waals surface area contributed by atoms with E-state index in [4.69, 9.17) is 15.2 Å². The van der Waals surface area contributed by atoms with Crippen molar-refractivity contribution in [2.45, 2.75) is 19.4 Å². The number of aliphatic imine (C=N–C) groups is 1. The number of aromatic nitrogens is 1. The van der Waals surface area contributed by atoms with Crippen LogP contribution in [0.1, 0.15) is 18.4 Å². The van der Waals surface area contributed by atoms with Crippen LogP contribution in [0.5, 0.6) is 11.6 Å². The fourth-order valence-electron chi connectivity index (χ4n) is 2.14. The van der Waals surface area contributed by atoms with Crippen LogP contribution in [0.3, 0.4) is 0 Å². The van der Waals surface area contributed by atoms with Crippen LogP contribution in [-0.4, -0.2) is 24.7 Å². The fraction of sp³-hybridized carbons (Fsp3) is 0.333. The van der Waals surface area contributed by atoms with Gasteiger partial charge in [0.25, 0.3) is 0 Å². The van der Waals surface area contributed by atoms with Crippen molar-refractivity contribution in [3.05, 3.63) is 48.2 Å². The highest BCUT2D eigenvalue weighted by molar-refractivity contribution is 14.0. The number of hydrogen-bond acceptors (Lipinski definition) is 4. The predicted molar refractivity (Wildman–Crippen MR) is 110 cm³/mol. The highest BCUT2D eigenvalue weighted by atomic mass is 127. The van der Waals surface area contributed by atoms with Crippen molar-refractivity contribution >= 4 is 35.6 Å². The largest absolute Gasteiger partial charge is 0.497 e. The summed E-state index contributed by atoms with van der Waals surface area (Å²) in [5, 5.41) is 3.04. The zero-order valence-corrected chi connectivity index (χ0v) is 16.5. The van der Waals surface area contributed by atoms with E-state index in [0.717, 1.165) is 29.5 Å². The van der Waals surface area contributed by atoms with Crippen molar-refractivity contribution in [3.8, 4) is 11.6 Å². The zero-order chi connectivity index (χ0) is 16.8. The van der Waals surface area contributed by atoms with Crippen LogP contribution in [0, 0.1) is 5.92 Å². The molecule has 1 aliphatic rings. The molecule has 7 heteroatoms. The molecule has 0 unspecified atom stereocenters. The van der Waals surface area contributed by atoms with Gasteiger partial charge in [-0.25, -0.2) is 9.98 Å². The number of methoxy groups -OCH3 is 1. The number of nitrogens with one attached hydrogen (secondary N) is 1. The number of hydrogen-bond donors (Lipinski definition) is 2. The third-order valence-electron chi connectivity index (χ3n) is 3.74. The van der Waals surface area contributed by atoms with Crippen LogP contribution in [0.4, 0.5) is 5.69 Å². The van der Waals surface area contributed by atoms with E-state index in [9.17, 15) is 0 Å². The number of rotatable bonds is 7. The maximum absolute atomic E-state index is 5.92. The lowest BCUT2D eigenvalue weighted by Gasteiger charge is -2.07. The molecule has 0 bridgehead atoms. The Bertz CT molecular complexity index is 702. The first-order chi connectivity index (χ1) is 11.7. The van der Waals surface area contributed by atoms with Gasteiger partial charge in [0.05, 0.1) is 20.3 Å². The van der Waals surface area contributed by atoms with Crippen LogP contribution in [0.15, 0.2) is 47.6 Å². The molecule has 0 radical (unpaired) electrons. The first-order valence-corrected chi connectivity index (χ1v) is 8.01. The first kappa shape index (κ1) is 19.3. The molecule has 1 aromatic heterocycles. The summed E-state index contributed by atoms with van der Waals surface area (Å²) in [4.78, 5) is 8.61. The SMILES string of the molecule is COc1cccc(NC(N)=NCc2ccc(OCC3CC3)nc2)c1.I. The summed E-state index contributed by atoms with van der Waals surface area (Å²) in [7, 11) is 1.63. The smallest absolute Gasteiger partial charge is 0.213 e. The number of ether oxygens (including phenoxy) is 2. The Morgan fingerprint density at radius 3 is 2.84 bits per heavy atom. The van der Waals surface area contributed by atoms with Gasteiger partial charge < -0.3 is 20.5 Å². The van der Waals surface area contributed by atoms with E-state index < -0.39 is 0 Å². The Labute approximate surface area is 164 Å². The summed E-state index contributed by atoms with van der Waals surface area (Å²) in [6.07, 6.45) is 4.31. The van der Waals surface area contributed by atoms with E-state index in [0.29, 0.717) is 18.4 Å². The van der Waals surface area contributed by atoms with Crippen LogP contribution >= 0.6 is 24.0 Å². The lowest BCUT2D eigenvalue weighted by molar-refractivity contribution is 0.288. The molecule has 1 aromatic carbocycles. The van der Waals surface area contributed by atoms with Gasteiger partial charge in [-0.05, 0) is 36.5 Å². The second-order valence-electron chi connectivity index (χ2n) is 5.82. The molecule has 3 N–H and O–H groups in total. The van der Waals surface area contributed by atoms with Gasteiger partial charge in [-0.1, -0.05) is 12.1 Å². The molecule has 1 heterocycles. The van der Waals surface area contributed by atoms with Crippen LogP contribution in [0.2, 0.25) is 0 Å². The average Bonchev–Trinajstić information content (AvgIpc) is 3.44. The number of nitrogens with zero attached hydrogens (tertiary/aromatic N) is 2. The molecule has 6 nitrogen and oxygen atoms in total. The van der Waals surface area contributed by atoms with E-state index in [1.54, 1.807) is 13.3 Å². The summed E-state index contributed by atoms with van der Waals surface area (Å²) in [5.41, 5.74) is 7.72. The summed E-state index contributed by atoms with van der Waals surface area (Å²) < 4.78 is 10.8. The standard InChI is InChI=1S/C18H22N4O2.HI/c1-23-16-4-2-3-15(9-16)22-18(19)21-11-14-7-8-17(20-10-14)24-12-13-5-6-13;/h2-4,7-10,13H,5-6,11-12H2,1H3,(H3,19,21,22);1H. The quantitative estimate of drug-likeness (QED) is 0.381. The summed E-state index contributed by atoms with van der Waals surface area (Å²) in [6.45, 7) is 1.22.